The van der Waals surface area contributed by atoms with Crippen molar-refractivity contribution < 1.29 is 4.92 Å². The molecule has 10 heteroatoms. The highest BCUT2D eigenvalue weighted by molar-refractivity contribution is 6.34. The molecule has 4 aromatic rings. The van der Waals surface area contributed by atoms with Gasteiger partial charge >= 0.3 is 0 Å². The summed E-state index contributed by atoms with van der Waals surface area (Å²) in [4.78, 5) is 25.7. The van der Waals surface area contributed by atoms with E-state index in [0.29, 0.717) is 41.4 Å². The second-order valence-electron chi connectivity index (χ2n) is 7.39. The van der Waals surface area contributed by atoms with Crippen molar-refractivity contribution in [3.8, 4) is 11.3 Å². The van der Waals surface area contributed by atoms with Crippen LogP contribution < -0.4 is 10.2 Å². The summed E-state index contributed by atoms with van der Waals surface area (Å²) in [5.74, 6) is 1.09. The molecule has 0 unspecified atom stereocenters. The third-order valence-electron chi connectivity index (χ3n) is 4.94. The van der Waals surface area contributed by atoms with E-state index >= 15 is 0 Å². The lowest BCUT2D eigenvalue weighted by atomic mass is 10.1. The maximum absolute atomic E-state index is 10.8. The lowest BCUT2D eigenvalue weighted by Crippen LogP contribution is -2.30. The Morgan fingerprint density at radius 2 is 1.74 bits per heavy atom. The average Bonchev–Trinajstić information content (AvgIpc) is 2.84. The quantitative estimate of drug-likeness (QED) is 0.229. The summed E-state index contributed by atoms with van der Waals surface area (Å²) in [7, 11) is 0. The Bertz CT molecular complexity index is 1250. The number of pyridine rings is 1. The van der Waals surface area contributed by atoms with Crippen molar-refractivity contribution in [1.29, 1.82) is 0 Å². The SMILES string of the molecule is O=[N+]([O-])c1ccc(NCCN(Cc2cc(Cl)cc(Cl)c2)c2nccc(-c3ccccc3)n2)nc1. The van der Waals surface area contributed by atoms with Gasteiger partial charge in [0.25, 0.3) is 5.69 Å². The smallest absolute Gasteiger partial charge is 0.287 e. The van der Waals surface area contributed by atoms with Gasteiger partial charge in [-0.15, -0.1) is 0 Å². The van der Waals surface area contributed by atoms with Crippen molar-refractivity contribution in [2.24, 2.45) is 0 Å². The fraction of sp³-hybridized carbons (Fsp3) is 0.125. The van der Waals surface area contributed by atoms with Gasteiger partial charge in [-0.25, -0.2) is 15.0 Å². The van der Waals surface area contributed by atoms with E-state index in [0.717, 1.165) is 16.8 Å². The summed E-state index contributed by atoms with van der Waals surface area (Å²) in [5.41, 5.74) is 2.66. The zero-order chi connectivity index (χ0) is 23.9. The van der Waals surface area contributed by atoms with Crippen LogP contribution in [0.5, 0.6) is 0 Å². The van der Waals surface area contributed by atoms with Gasteiger partial charge in [0.15, 0.2) is 0 Å². The molecule has 0 aliphatic heterocycles. The lowest BCUT2D eigenvalue weighted by Gasteiger charge is -2.24. The Morgan fingerprint density at radius 1 is 0.971 bits per heavy atom. The summed E-state index contributed by atoms with van der Waals surface area (Å²) in [6, 6.07) is 20.1. The molecule has 172 valence electrons. The van der Waals surface area contributed by atoms with Crippen LogP contribution in [0, 0.1) is 10.1 Å². The van der Waals surface area contributed by atoms with Gasteiger partial charge in [0.1, 0.15) is 12.0 Å². The summed E-state index contributed by atoms with van der Waals surface area (Å²) in [6.45, 7) is 1.51. The zero-order valence-electron chi connectivity index (χ0n) is 17.9. The molecule has 2 aromatic carbocycles. The molecule has 8 nitrogen and oxygen atoms in total. The van der Waals surface area contributed by atoms with E-state index in [9.17, 15) is 10.1 Å². The Morgan fingerprint density at radius 3 is 2.41 bits per heavy atom. The third-order valence-corrected chi connectivity index (χ3v) is 5.37. The molecule has 0 atom stereocenters. The lowest BCUT2D eigenvalue weighted by molar-refractivity contribution is -0.385. The van der Waals surface area contributed by atoms with Gasteiger partial charge < -0.3 is 10.2 Å². The molecule has 0 fully saturated rings. The Balaban J connectivity index is 1.55. The summed E-state index contributed by atoms with van der Waals surface area (Å²) < 4.78 is 0. The van der Waals surface area contributed by atoms with Crippen LogP contribution in [0.3, 0.4) is 0 Å². The molecule has 0 radical (unpaired) electrons. The number of nitro groups is 1. The zero-order valence-corrected chi connectivity index (χ0v) is 19.4. The third kappa shape index (κ3) is 6.18. The summed E-state index contributed by atoms with van der Waals surface area (Å²) in [6.07, 6.45) is 2.95. The predicted molar refractivity (Wildman–Crippen MR) is 134 cm³/mol. The number of benzene rings is 2. The Kier molecular flexibility index (Phi) is 7.51. The molecule has 4 rings (SSSR count). The van der Waals surface area contributed by atoms with Gasteiger partial charge in [0, 0.05) is 47.5 Å². The highest BCUT2D eigenvalue weighted by Crippen LogP contribution is 2.23. The Hall–Kier alpha value is -3.75. The van der Waals surface area contributed by atoms with Crippen molar-refractivity contribution in [3.05, 3.63) is 105 Å². The van der Waals surface area contributed by atoms with Crippen LogP contribution in [-0.4, -0.2) is 33.0 Å². The van der Waals surface area contributed by atoms with Crippen LogP contribution in [0.25, 0.3) is 11.3 Å². The van der Waals surface area contributed by atoms with Gasteiger partial charge in [-0.1, -0.05) is 53.5 Å². The molecular formula is C24H20Cl2N6O2. The minimum atomic E-state index is -0.480. The fourth-order valence-electron chi connectivity index (χ4n) is 3.36. The topological polar surface area (TPSA) is 97.1 Å². The average molecular weight is 495 g/mol. The van der Waals surface area contributed by atoms with Crippen LogP contribution in [0.2, 0.25) is 10.0 Å². The number of hydrogen-bond acceptors (Lipinski definition) is 7. The molecular weight excluding hydrogens is 475 g/mol. The van der Waals surface area contributed by atoms with E-state index in [1.54, 1.807) is 18.3 Å². The van der Waals surface area contributed by atoms with E-state index in [4.69, 9.17) is 28.2 Å². The van der Waals surface area contributed by atoms with E-state index < -0.39 is 4.92 Å². The maximum atomic E-state index is 10.8. The first kappa shape index (κ1) is 23.4. The second kappa shape index (κ2) is 10.9. The van der Waals surface area contributed by atoms with Crippen LogP contribution >= 0.6 is 23.2 Å². The van der Waals surface area contributed by atoms with Crippen molar-refractivity contribution in [1.82, 2.24) is 15.0 Å². The van der Waals surface area contributed by atoms with Crippen molar-refractivity contribution >= 4 is 40.7 Å². The van der Waals surface area contributed by atoms with Crippen LogP contribution in [-0.2, 0) is 6.54 Å². The monoisotopic (exact) mass is 494 g/mol. The molecule has 0 spiro atoms. The van der Waals surface area contributed by atoms with Crippen molar-refractivity contribution in [2.75, 3.05) is 23.3 Å². The fourth-order valence-corrected chi connectivity index (χ4v) is 3.93. The minimum Gasteiger partial charge on any atom is -0.368 e. The van der Waals surface area contributed by atoms with Gasteiger partial charge in [0.2, 0.25) is 5.95 Å². The molecule has 0 aliphatic rings. The summed E-state index contributed by atoms with van der Waals surface area (Å²) in [5, 5.41) is 15.1. The van der Waals surface area contributed by atoms with E-state index in [1.807, 2.05) is 53.4 Å². The molecule has 2 aromatic heterocycles. The molecule has 34 heavy (non-hydrogen) atoms. The van der Waals surface area contributed by atoms with Crippen molar-refractivity contribution in [3.63, 3.8) is 0 Å². The van der Waals surface area contributed by atoms with Crippen LogP contribution in [0.4, 0.5) is 17.5 Å². The molecule has 0 amide bonds. The minimum absolute atomic E-state index is 0.0591. The molecule has 0 saturated heterocycles. The number of halogens is 2. The van der Waals surface area contributed by atoms with Crippen LogP contribution in [0.15, 0.2) is 79.1 Å². The number of anilines is 2. The van der Waals surface area contributed by atoms with E-state index in [2.05, 4.69) is 15.3 Å². The first-order chi connectivity index (χ1) is 16.5. The van der Waals surface area contributed by atoms with Crippen LogP contribution in [0.1, 0.15) is 5.56 Å². The number of nitrogens with one attached hydrogen (secondary N) is 1. The van der Waals surface area contributed by atoms with Gasteiger partial charge in [0.05, 0.1) is 10.6 Å². The number of rotatable bonds is 9. The molecule has 0 aliphatic carbocycles. The first-order valence-corrected chi connectivity index (χ1v) is 11.2. The number of hydrogen-bond donors (Lipinski definition) is 1. The van der Waals surface area contributed by atoms with E-state index in [1.165, 1.54) is 12.3 Å². The second-order valence-corrected chi connectivity index (χ2v) is 8.27. The summed E-state index contributed by atoms with van der Waals surface area (Å²) >= 11 is 12.4. The largest absolute Gasteiger partial charge is 0.368 e. The van der Waals surface area contributed by atoms with Crippen molar-refractivity contribution in [2.45, 2.75) is 6.54 Å². The molecule has 2 heterocycles. The normalized spacial score (nSPS) is 10.6. The Labute approximate surface area is 206 Å². The molecule has 0 saturated carbocycles. The van der Waals surface area contributed by atoms with Gasteiger partial charge in [-0.2, -0.15) is 0 Å². The van der Waals surface area contributed by atoms with Gasteiger partial charge in [-0.3, -0.25) is 10.1 Å². The first-order valence-electron chi connectivity index (χ1n) is 10.4. The predicted octanol–water partition coefficient (Wildman–Crippen LogP) is 5.87. The highest BCUT2D eigenvalue weighted by Gasteiger charge is 2.13. The number of aromatic nitrogens is 3. The van der Waals surface area contributed by atoms with Gasteiger partial charge in [-0.05, 0) is 35.9 Å². The molecule has 1 N–H and O–H groups in total. The highest BCUT2D eigenvalue weighted by atomic mass is 35.5. The number of nitrogens with zero attached hydrogens (tertiary/aromatic N) is 5. The standard InChI is InChI=1S/C24H20Cl2N6O2/c25-19-12-17(13-20(26)14-19)16-31(11-10-27-23-7-6-21(15-29-23)32(33)34)24-28-9-8-22(30-24)18-4-2-1-3-5-18/h1-9,12-15H,10-11,16H2,(H,27,29). The maximum Gasteiger partial charge on any atom is 0.287 e. The molecule has 0 bridgehead atoms. The van der Waals surface area contributed by atoms with E-state index in [-0.39, 0.29) is 5.69 Å².